The summed E-state index contributed by atoms with van der Waals surface area (Å²) in [5, 5.41) is 3.02. The minimum absolute atomic E-state index is 0.0488. The number of hydrogen-bond acceptors (Lipinski definition) is 5. The topological polar surface area (TPSA) is 70.8 Å². The molecule has 4 rings (SSSR count). The molecule has 1 aromatic heterocycles. The van der Waals surface area contributed by atoms with Crippen LogP contribution in [0.15, 0.2) is 46.9 Å². The van der Waals surface area contributed by atoms with Crippen LogP contribution in [0, 0.1) is 20.8 Å². The predicted molar refractivity (Wildman–Crippen MR) is 125 cm³/mol. The summed E-state index contributed by atoms with van der Waals surface area (Å²) >= 11 is 0. The Labute approximate surface area is 189 Å². The van der Waals surface area contributed by atoms with Crippen molar-refractivity contribution in [3.8, 4) is 17.2 Å². The number of benzene rings is 2. The third kappa shape index (κ3) is 4.94. The molecule has 0 saturated carbocycles. The van der Waals surface area contributed by atoms with Crippen molar-refractivity contribution in [2.24, 2.45) is 0 Å². The number of carbonyl (C=O) groups excluding carboxylic acids is 1. The van der Waals surface area contributed by atoms with Crippen molar-refractivity contribution < 1.29 is 13.9 Å². The fourth-order valence-corrected chi connectivity index (χ4v) is 3.77. The van der Waals surface area contributed by atoms with Gasteiger partial charge in [-0.2, -0.15) is 0 Å². The lowest BCUT2D eigenvalue weighted by Gasteiger charge is -2.34. The van der Waals surface area contributed by atoms with Crippen LogP contribution in [0.1, 0.15) is 22.6 Å². The van der Waals surface area contributed by atoms with Gasteiger partial charge in [-0.25, -0.2) is 9.78 Å². The molecule has 1 aliphatic heterocycles. The molecule has 1 aliphatic rings. The van der Waals surface area contributed by atoms with Gasteiger partial charge in [-0.05, 0) is 68.3 Å². The number of hydrogen-bond donors (Lipinski definition) is 1. The fourth-order valence-electron chi connectivity index (χ4n) is 3.77. The van der Waals surface area contributed by atoms with Crippen molar-refractivity contribution in [1.29, 1.82) is 0 Å². The molecule has 7 heteroatoms. The van der Waals surface area contributed by atoms with Crippen molar-refractivity contribution in [2.75, 3.05) is 38.6 Å². The monoisotopic (exact) mass is 434 g/mol. The number of piperazine rings is 1. The Balaban J connectivity index is 1.32. The van der Waals surface area contributed by atoms with Gasteiger partial charge in [0.25, 0.3) is 0 Å². The van der Waals surface area contributed by atoms with Gasteiger partial charge in [0.2, 0.25) is 5.89 Å². The van der Waals surface area contributed by atoms with Gasteiger partial charge in [0.05, 0.1) is 12.8 Å². The lowest BCUT2D eigenvalue weighted by Crippen LogP contribution is -2.49. The first kappa shape index (κ1) is 21.9. The Morgan fingerprint density at radius 2 is 1.75 bits per heavy atom. The predicted octanol–water partition coefficient (Wildman–Crippen LogP) is 4.63. The number of urea groups is 1. The Morgan fingerprint density at radius 3 is 2.41 bits per heavy atom. The zero-order valence-corrected chi connectivity index (χ0v) is 19.1. The molecular weight excluding hydrogens is 404 g/mol. The average molecular weight is 435 g/mol. The van der Waals surface area contributed by atoms with Crippen LogP contribution in [-0.2, 0) is 6.54 Å². The molecule has 3 aromatic rings. The largest absolute Gasteiger partial charge is 0.497 e. The van der Waals surface area contributed by atoms with Gasteiger partial charge in [-0.15, -0.1) is 0 Å². The zero-order valence-electron chi connectivity index (χ0n) is 19.1. The highest BCUT2D eigenvalue weighted by molar-refractivity contribution is 5.89. The number of aryl methyl sites for hydroxylation is 3. The lowest BCUT2D eigenvalue weighted by atomic mass is 10.1. The van der Waals surface area contributed by atoms with E-state index in [4.69, 9.17) is 14.1 Å². The highest BCUT2D eigenvalue weighted by Gasteiger charge is 2.23. The summed E-state index contributed by atoms with van der Waals surface area (Å²) in [5.41, 5.74) is 5.08. The van der Waals surface area contributed by atoms with Gasteiger partial charge in [0.15, 0.2) is 0 Å². The summed E-state index contributed by atoms with van der Waals surface area (Å²) in [6.07, 6.45) is 0. The van der Waals surface area contributed by atoms with Crippen LogP contribution in [0.25, 0.3) is 11.5 Å². The van der Waals surface area contributed by atoms with Crippen molar-refractivity contribution in [3.63, 3.8) is 0 Å². The van der Waals surface area contributed by atoms with Crippen LogP contribution < -0.4 is 10.1 Å². The molecule has 32 heavy (non-hydrogen) atoms. The van der Waals surface area contributed by atoms with Gasteiger partial charge in [-0.1, -0.05) is 6.07 Å². The van der Waals surface area contributed by atoms with Crippen LogP contribution in [0.2, 0.25) is 0 Å². The number of anilines is 1. The summed E-state index contributed by atoms with van der Waals surface area (Å²) in [6, 6.07) is 13.6. The molecule has 2 aromatic carbocycles. The van der Waals surface area contributed by atoms with Gasteiger partial charge >= 0.3 is 6.03 Å². The minimum atomic E-state index is -0.0488. The van der Waals surface area contributed by atoms with Crippen molar-refractivity contribution in [2.45, 2.75) is 27.3 Å². The van der Waals surface area contributed by atoms with Crippen LogP contribution in [-0.4, -0.2) is 54.1 Å². The van der Waals surface area contributed by atoms with E-state index in [1.807, 2.05) is 54.3 Å². The van der Waals surface area contributed by atoms with E-state index in [9.17, 15) is 4.79 Å². The average Bonchev–Trinajstić information content (AvgIpc) is 3.17. The summed E-state index contributed by atoms with van der Waals surface area (Å²) in [7, 11) is 1.65. The molecule has 2 heterocycles. The van der Waals surface area contributed by atoms with Crippen molar-refractivity contribution in [1.82, 2.24) is 14.8 Å². The number of ether oxygens (including phenoxy) is 1. The molecule has 1 saturated heterocycles. The number of carbonyl (C=O) groups is 1. The Morgan fingerprint density at radius 1 is 1.03 bits per heavy atom. The maximum Gasteiger partial charge on any atom is 0.321 e. The van der Waals surface area contributed by atoms with E-state index in [0.29, 0.717) is 25.5 Å². The van der Waals surface area contributed by atoms with E-state index in [2.05, 4.69) is 24.1 Å². The summed E-state index contributed by atoms with van der Waals surface area (Å²) in [5.74, 6) is 2.24. The maximum absolute atomic E-state index is 12.6. The Kier molecular flexibility index (Phi) is 6.46. The molecular formula is C25H30N4O3. The van der Waals surface area contributed by atoms with Crippen LogP contribution >= 0.6 is 0 Å². The molecule has 0 spiro atoms. The third-order valence-corrected chi connectivity index (χ3v) is 6.02. The fraction of sp³-hybridized carbons (Fsp3) is 0.360. The first-order valence-electron chi connectivity index (χ1n) is 10.9. The van der Waals surface area contributed by atoms with Crippen molar-refractivity contribution >= 4 is 11.7 Å². The quantitative estimate of drug-likeness (QED) is 0.634. The smallest absolute Gasteiger partial charge is 0.321 e. The Bertz CT molecular complexity index is 1080. The number of rotatable bonds is 5. The third-order valence-electron chi connectivity index (χ3n) is 6.02. The van der Waals surface area contributed by atoms with E-state index < -0.39 is 0 Å². The van der Waals surface area contributed by atoms with Crippen LogP contribution in [0.5, 0.6) is 5.75 Å². The second kappa shape index (κ2) is 9.44. The maximum atomic E-state index is 12.6. The van der Waals surface area contributed by atoms with Gasteiger partial charge in [0, 0.05) is 44.0 Å². The van der Waals surface area contributed by atoms with Crippen LogP contribution in [0.4, 0.5) is 10.5 Å². The summed E-state index contributed by atoms with van der Waals surface area (Å²) < 4.78 is 11.1. The molecule has 0 atom stereocenters. The number of methoxy groups -OCH3 is 1. The van der Waals surface area contributed by atoms with E-state index in [1.165, 1.54) is 11.1 Å². The first-order valence-corrected chi connectivity index (χ1v) is 10.9. The van der Waals surface area contributed by atoms with E-state index >= 15 is 0 Å². The van der Waals surface area contributed by atoms with E-state index in [1.54, 1.807) is 7.11 Å². The van der Waals surface area contributed by atoms with Crippen molar-refractivity contribution in [3.05, 3.63) is 65.0 Å². The van der Waals surface area contributed by atoms with Gasteiger partial charge in [0.1, 0.15) is 11.5 Å². The number of oxazole rings is 1. The number of nitrogens with one attached hydrogen (secondary N) is 1. The molecule has 1 N–H and O–H groups in total. The van der Waals surface area contributed by atoms with E-state index in [-0.39, 0.29) is 6.03 Å². The molecule has 168 valence electrons. The number of amides is 2. The normalized spacial score (nSPS) is 14.4. The van der Waals surface area contributed by atoms with Gasteiger partial charge < -0.3 is 19.4 Å². The first-order chi connectivity index (χ1) is 15.4. The highest BCUT2D eigenvalue weighted by Crippen LogP contribution is 2.25. The standard InChI is InChI=1S/C25H30N4O3/c1-17-5-8-21(15-18(17)2)26-25(30)29-13-11-28(12-14-29)16-23-19(3)32-24(27-23)20-6-9-22(31-4)10-7-20/h5-10,15H,11-14,16H2,1-4H3,(H,26,30). The minimum Gasteiger partial charge on any atom is -0.497 e. The second-order valence-corrected chi connectivity index (χ2v) is 8.24. The number of nitrogens with zero attached hydrogens (tertiary/aromatic N) is 3. The SMILES string of the molecule is COc1ccc(-c2nc(CN3CCN(C(=O)Nc4ccc(C)c(C)c4)CC3)c(C)o2)cc1. The lowest BCUT2D eigenvalue weighted by molar-refractivity contribution is 0.141. The molecule has 2 amide bonds. The van der Waals surface area contributed by atoms with Gasteiger partial charge in [-0.3, -0.25) is 4.90 Å². The Hall–Kier alpha value is -3.32. The molecule has 0 unspecified atom stereocenters. The summed E-state index contributed by atoms with van der Waals surface area (Å²) in [4.78, 5) is 21.5. The molecule has 0 aliphatic carbocycles. The molecule has 1 fully saturated rings. The molecule has 0 bridgehead atoms. The molecule has 0 radical (unpaired) electrons. The van der Waals surface area contributed by atoms with E-state index in [0.717, 1.165) is 41.5 Å². The molecule has 7 nitrogen and oxygen atoms in total. The second-order valence-electron chi connectivity index (χ2n) is 8.24. The number of aromatic nitrogens is 1. The van der Waals surface area contributed by atoms with Crippen LogP contribution in [0.3, 0.4) is 0 Å². The summed E-state index contributed by atoms with van der Waals surface area (Å²) in [6.45, 7) is 9.72. The highest BCUT2D eigenvalue weighted by atomic mass is 16.5. The zero-order chi connectivity index (χ0) is 22.7.